The molecule has 4 nitrogen and oxygen atoms in total. The Balaban J connectivity index is 1.83. The molecule has 0 spiro atoms. The third kappa shape index (κ3) is 2.11. The number of hydrogen-bond acceptors (Lipinski definition) is 4. The van der Waals surface area contributed by atoms with Crippen molar-refractivity contribution in [3.63, 3.8) is 0 Å². The predicted molar refractivity (Wildman–Crippen MR) is 85.2 cm³/mol. The zero-order valence-corrected chi connectivity index (χ0v) is 12.2. The van der Waals surface area contributed by atoms with Crippen LogP contribution in [0.25, 0.3) is 32.0 Å². The zero-order valence-electron chi connectivity index (χ0n) is 11.4. The molecule has 0 fully saturated rings. The first-order valence-electron chi connectivity index (χ1n) is 6.62. The Bertz CT molecular complexity index is 908. The van der Waals surface area contributed by atoms with Gasteiger partial charge >= 0.3 is 0 Å². The van der Waals surface area contributed by atoms with E-state index in [0.717, 1.165) is 37.7 Å². The summed E-state index contributed by atoms with van der Waals surface area (Å²) in [5, 5.41) is 2.14. The molecule has 4 aromatic rings. The summed E-state index contributed by atoms with van der Waals surface area (Å²) in [5.74, 6) is 0. The molecular weight excluding hydrogens is 280 g/mol. The molecular formula is C16H12N4S. The number of aromatic amines is 1. The third-order valence-electron chi connectivity index (χ3n) is 3.38. The molecule has 4 rings (SSSR count). The van der Waals surface area contributed by atoms with Gasteiger partial charge in [-0.3, -0.25) is 9.97 Å². The van der Waals surface area contributed by atoms with Crippen LogP contribution in [0.3, 0.4) is 0 Å². The van der Waals surface area contributed by atoms with E-state index in [4.69, 9.17) is 0 Å². The number of rotatable bonds is 2. The number of thiazole rings is 1. The first kappa shape index (κ1) is 12.2. The van der Waals surface area contributed by atoms with Crippen molar-refractivity contribution in [3.8, 4) is 21.1 Å². The van der Waals surface area contributed by atoms with Gasteiger partial charge in [-0.1, -0.05) is 0 Å². The molecule has 4 heterocycles. The van der Waals surface area contributed by atoms with Gasteiger partial charge in [0.1, 0.15) is 5.01 Å². The minimum Gasteiger partial charge on any atom is -0.360 e. The molecule has 21 heavy (non-hydrogen) atoms. The average Bonchev–Trinajstić information content (AvgIpc) is 3.13. The van der Waals surface area contributed by atoms with E-state index in [1.807, 2.05) is 37.6 Å². The number of pyridine rings is 2. The van der Waals surface area contributed by atoms with Crippen LogP contribution < -0.4 is 0 Å². The van der Waals surface area contributed by atoms with Gasteiger partial charge in [-0.15, -0.1) is 11.3 Å². The maximum Gasteiger partial charge on any atom is 0.125 e. The van der Waals surface area contributed by atoms with Gasteiger partial charge in [-0.2, -0.15) is 0 Å². The van der Waals surface area contributed by atoms with Crippen LogP contribution >= 0.6 is 11.3 Å². The fourth-order valence-corrected chi connectivity index (χ4v) is 3.35. The van der Waals surface area contributed by atoms with E-state index in [0.29, 0.717) is 0 Å². The lowest BCUT2D eigenvalue weighted by Crippen LogP contribution is -1.83. The molecule has 4 aromatic heterocycles. The Morgan fingerprint density at radius 2 is 2.14 bits per heavy atom. The largest absolute Gasteiger partial charge is 0.360 e. The average molecular weight is 292 g/mol. The van der Waals surface area contributed by atoms with Crippen molar-refractivity contribution in [1.82, 2.24) is 19.9 Å². The lowest BCUT2D eigenvalue weighted by atomic mass is 10.2. The van der Waals surface area contributed by atoms with Gasteiger partial charge in [0, 0.05) is 29.5 Å². The summed E-state index contributed by atoms with van der Waals surface area (Å²) >= 11 is 1.65. The summed E-state index contributed by atoms with van der Waals surface area (Å²) in [4.78, 5) is 17.6. The van der Waals surface area contributed by atoms with Gasteiger partial charge in [0.05, 0.1) is 28.0 Å². The first-order chi connectivity index (χ1) is 10.3. The maximum atomic E-state index is 4.66. The van der Waals surface area contributed by atoms with Gasteiger partial charge in [0.25, 0.3) is 0 Å². The molecule has 0 saturated heterocycles. The minimum atomic E-state index is 0.965. The lowest BCUT2D eigenvalue weighted by molar-refractivity contribution is 1.24. The first-order valence-corrected chi connectivity index (χ1v) is 7.44. The normalized spacial score (nSPS) is 11.1. The van der Waals surface area contributed by atoms with Gasteiger partial charge in [-0.05, 0) is 31.2 Å². The molecule has 0 aromatic carbocycles. The van der Waals surface area contributed by atoms with Crippen molar-refractivity contribution >= 4 is 22.2 Å². The molecule has 102 valence electrons. The molecule has 0 aliphatic rings. The highest BCUT2D eigenvalue weighted by molar-refractivity contribution is 7.18. The summed E-state index contributed by atoms with van der Waals surface area (Å²) in [7, 11) is 0. The SMILES string of the molecule is Cc1nc(-c2cccnc2)sc1-c1cc2cc[nH]c2cn1. The van der Waals surface area contributed by atoms with E-state index in [2.05, 4.69) is 32.1 Å². The Morgan fingerprint density at radius 1 is 1.19 bits per heavy atom. The number of nitrogens with zero attached hydrogens (tertiary/aromatic N) is 3. The second-order valence-corrected chi connectivity index (χ2v) is 5.81. The van der Waals surface area contributed by atoms with E-state index in [-0.39, 0.29) is 0 Å². The quantitative estimate of drug-likeness (QED) is 0.606. The van der Waals surface area contributed by atoms with Crippen LogP contribution in [0.5, 0.6) is 0 Å². The molecule has 0 aliphatic heterocycles. The van der Waals surface area contributed by atoms with Crippen LogP contribution in [-0.4, -0.2) is 19.9 Å². The summed E-state index contributed by atoms with van der Waals surface area (Å²) in [6.07, 6.45) is 7.40. The molecule has 1 N–H and O–H groups in total. The van der Waals surface area contributed by atoms with Crippen molar-refractivity contribution in [1.29, 1.82) is 0 Å². The number of fused-ring (bicyclic) bond motifs is 1. The Hall–Kier alpha value is -2.53. The van der Waals surface area contributed by atoms with E-state index < -0.39 is 0 Å². The Morgan fingerprint density at radius 3 is 3.00 bits per heavy atom. The highest BCUT2D eigenvalue weighted by Crippen LogP contribution is 2.34. The summed E-state index contributed by atoms with van der Waals surface area (Å²) < 4.78 is 0. The Kier molecular flexibility index (Phi) is 2.79. The number of nitrogens with one attached hydrogen (secondary N) is 1. The van der Waals surface area contributed by atoms with Crippen LogP contribution in [0.4, 0.5) is 0 Å². The second kappa shape index (κ2) is 4.79. The summed E-state index contributed by atoms with van der Waals surface area (Å²) in [6, 6.07) is 8.10. The third-order valence-corrected chi connectivity index (χ3v) is 4.60. The molecule has 0 unspecified atom stereocenters. The molecule has 0 bridgehead atoms. The van der Waals surface area contributed by atoms with Crippen LogP contribution in [0.2, 0.25) is 0 Å². The number of aryl methyl sites for hydroxylation is 1. The Labute approximate surface area is 125 Å². The fourth-order valence-electron chi connectivity index (χ4n) is 2.32. The van der Waals surface area contributed by atoms with Crippen molar-refractivity contribution in [2.24, 2.45) is 0 Å². The number of aromatic nitrogens is 4. The number of hydrogen-bond donors (Lipinski definition) is 1. The van der Waals surface area contributed by atoms with E-state index in [1.165, 1.54) is 0 Å². The van der Waals surface area contributed by atoms with Crippen LogP contribution in [0.15, 0.2) is 49.1 Å². The lowest BCUT2D eigenvalue weighted by Gasteiger charge is -1.98. The van der Waals surface area contributed by atoms with Gasteiger partial charge < -0.3 is 4.98 Å². The zero-order chi connectivity index (χ0) is 14.2. The topological polar surface area (TPSA) is 54.5 Å². The smallest absolute Gasteiger partial charge is 0.125 e. The van der Waals surface area contributed by atoms with Crippen LogP contribution in [-0.2, 0) is 0 Å². The summed E-state index contributed by atoms with van der Waals surface area (Å²) in [6.45, 7) is 2.02. The standard InChI is InChI=1S/C16H12N4S/c1-10-15(13-7-11-4-6-18-14(11)9-19-13)21-16(20-10)12-3-2-5-17-8-12/h2-9,18H,1H3. The van der Waals surface area contributed by atoms with E-state index >= 15 is 0 Å². The highest BCUT2D eigenvalue weighted by Gasteiger charge is 2.13. The van der Waals surface area contributed by atoms with Crippen LogP contribution in [0.1, 0.15) is 5.69 Å². The van der Waals surface area contributed by atoms with Crippen LogP contribution in [0, 0.1) is 6.92 Å². The van der Waals surface area contributed by atoms with Crippen molar-refractivity contribution in [3.05, 3.63) is 54.7 Å². The second-order valence-electron chi connectivity index (χ2n) is 4.81. The van der Waals surface area contributed by atoms with Gasteiger partial charge in [0.2, 0.25) is 0 Å². The van der Waals surface area contributed by atoms with Gasteiger partial charge in [-0.25, -0.2) is 4.98 Å². The molecule has 5 heteroatoms. The van der Waals surface area contributed by atoms with Crippen molar-refractivity contribution in [2.45, 2.75) is 6.92 Å². The van der Waals surface area contributed by atoms with E-state index in [9.17, 15) is 0 Å². The van der Waals surface area contributed by atoms with Gasteiger partial charge in [0.15, 0.2) is 0 Å². The maximum absolute atomic E-state index is 4.66. The highest BCUT2D eigenvalue weighted by atomic mass is 32.1. The molecule has 0 radical (unpaired) electrons. The van der Waals surface area contributed by atoms with Crippen molar-refractivity contribution in [2.75, 3.05) is 0 Å². The number of H-pyrrole nitrogens is 1. The molecule has 0 aliphatic carbocycles. The van der Waals surface area contributed by atoms with Crippen molar-refractivity contribution < 1.29 is 0 Å². The van der Waals surface area contributed by atoms with E-state index in [1.54, 1.807) is 17.5 Å². The fraction of sp³-hybridized carbons (Fsp3) is 0.0625. The minimum absolute atomic E-state index is 0.965. The molecule has 0 amide bonds. The monoisotopic (exact) mass is 292 g/mol. The molecule has 0 atom stereocenters. The summed E-state index contributed by atoms with van der Waals surface area (Å²) in [5.41, 5.74) is 4.06. The molecule has 0 saturated carbocycles. The predicted octanol–water partition coefficient (Wildman–Crippen LogP) is 4.06.